The fourth-order valence-corrected chi connectivity index (χ4v) is 4.82. The summed E-state index contributed by atoms with van der Waals surface area (Å²) in [5.74, 6) is 1.54. The molecular weight excluding hydrogens is 422 g/mol. The van der Waals surface area contributed by atoms with Crippen molar-refractivity contribution in [1.82, 2.24) is 25.4 Å². The van der Waals surface area contributed by atoms with Crippen LogP contribution in [0.3, 0.4) is 0 Å². The zero-order valence-corrected chi connectivity index (χ0v) is 20.5. The average Bonchev–Trinajstić information content (AvgIpc) is 3.12. The second-order valence-electron chi connectivity index (χ2n) is 9.19. The second-order valence-corrected chi connectivity index (χ2v) is 10.1. The van der Waals surface area contributed by atoms with Gasteiger partial charge in [-0.1, -0.05) is 63.1 Å². The van der Waals surface area contributed by atoms with Crippen LogP contribution >= 0.6 is 11.8 Å². The fraction of sp³-hybridized carbons (Fsp3) is 0.583. The van der Waals surface area contributed by atoms with Crippen LogP contribution in [0.2, 0.25) is 0 Å². The van der Waals surface area contributed by atoms with Crippen LogP contribution in [0.25, 0.3) is 0 Å². The molecule has 0 aliphatic heterocycles. The van der Waals surface area contributed by atoms with Crippen molar-refractivity contribution in [2.75, 3.05) is 5.75 Å². The van der Waals surface area contributed by atoms with Gasteiger partial charge in [-0.25, -0.2) is 0 Å². The minimum atomic E-state index is -0.285. The third-order valence-electron chi connectivity index (χ3n) is 6.20. The number of carbonyl (C=O) groups is 2. The zero-order chi connectivity index (χ0) is 23.3. The summed E-state index contributed by atoms with van der Waals surface area (Å²) >= 11 is 1.38. The normalized spacial score (nSPS) is 19.6. The number of hydrogen-bond donors (Lipinski definition) is 2. The standard InChI is InChI=1S/C24H35N5O2S/c1-15(2)21(26-23(31)18-12-10-16(3)11-13-18)22-27-28-24(29(22)5)32-14-20(30)25-19-9-7-6-8-17(19)4/h10-13,15,17,19,21H,6-9,14H2,1-5H3,(H,25,30)(H,26,31)/t17-,19+,21+/m1/s1. The van der Waals surface area contributed by atoms with Gasteiger partial charge in [0.1, 0.15) is 0 Å². The first-order valence-electron chi connectivity index (χ1n) is 11.4. The number of thioether (sulfide) groups is 1. The first kappa shape index (κ1) is 24.3. The highest BCUT2D eigenvalue weighted by Crippen LogP contribution is 2.26. The number of carbonyl (C=O) groups excluding carboxylic acids is 2. The lowest BCUT2D eigenvalue weighted by atomic mass is 9.86. The van der Waals surface area contributed by atoms with Gasteiger partial charge in [0.2, 0.25) is 5.91 Å². The molecule has 1 fully saturated rings. The summed E-state index contributed by atoms with van der Waals surface area (Å²) in [5.41, 5.74) is 1.73. The maximum atomic E-state index is 12.8. The lowest BCUT2D eigenvalue weighted by Gasteiger charge is -2.29. The molecule has 32 heavy (non-hydrogen) atoms. The number of aryl methyl sites for hydroxylation is 1. The van der Waals surface area contributed by atoms with E-state index in [-0.39, 0.29) is 29.8 Å². The van der Waals surface area contributed by atoms with E-state index in [1.165, 1.54) is 31.0 Å². The lowest BCUT2D eigenvalue weighted by Crippen LogP contribution is -2.41. The molecule has 0 radical (unpaired) electrons. The Balaban J connectivity index is 1.62. The van der Waals surface area contributed by atoms with E-state index in [1.54, 1.807) is 0 Å². The van der Waals surface area contributed by atoms with Gasteiger partial charge in [0.25, 0.3) is 5.91 Å². The summed E-state index contributed by atoms with van der Waals surface area (Å²) in [6.07, 6.45) is 4.67. The van der Waals surface area contributed by atoms with Gasteiger partial charge >= 0.3 is 0 Å². The Kier molecular flexibility index (Phi) is 8.34. The molecule has 0 spiro atoms. The predicted octanol–water partition coefficient (Wildman–Crippen LogP) is 4.04. The van der Waals surface area contributed by atoms with Crippen molar-refractivity contribution >= 4 is 23.6 Å². The Hall–Kier alpha value is -2.35. The molecule has 0 saturated heterocycles. The van der Waals surface area contributed by atoms with Crippen molar-refractivity contribution in [1.29, 1.82) is 0 Å². The fourth-order valence-electron chi connectivity index (χ4n) is 4.09. The molecule has 174 valence electrons. The first-order valence-corrected chi connectivity index (χ1v) is 12.4. The van der Waals surface area contributed by atoms with E-state index in [1.807, 2.05) is 56.7 Å². The minimum absolute atomic E-state index is 0.0337. The third kappa shape index (κ3) is 6.12. The van der Waals surface area contributed by atoms with E-state index >= 15 is 0 Å². The van der Waals surface area contributed by atoms with Crippen molar-refractivity contribution in [3.63, 3.8) is 0 Å². The van der Waals surface area contributed by atoms with E-state index in [0.29, 0.717) is 28.2 Å². The highest BCUT2D eigenvalue weighted by atomic mass is 32.2. The van der Waals surface area contributed by atoms with Gasteiger partial charge in [0.05, 0.1) is 11.8 Å². The Morgan fingerprint density at radius 3 is 2.50 bits per heavy atom. The quantitative estimate of drug-likeness (QED) is 0.584. The summed E-state index contributed by atoms with van der Waals surface area (Å²) in [6, 6.07) is 7.49. The smallest absolute Gasteiger partial charge is 0.251 e. The molecule has 1 heterocycles. The summed E-state index contributed by atoms with van der Waals surface area (Å²) in [5, 5.41) is 15.6. The van der Waals surface area contributed by atoms with Crippen molar-refractivity contribution in [3.05, 3.63) is 41.2 Å². The van der Waals surface area contributed by atoms with Crippen molar-refractivity contribution in [3.8, 4) is 0 Å². The zero-order valence-electron chi connectivity index (χ0n) is 19.7. The van der Waals surface area contributed by atoms with Crippen molar-refractivity contribution < 1.29 is 9.59 Å². The minimum Gasteiger partial charge on any atom is -0.352 e. The Bertz CT molecular complexity index is 925. The third-order valence-corrected chi connectivity index (χ3v) is 7.22. The lowest BCUT2D eigenvalue weighted by molar-refractivity contribution is -0.119. The van der Waals surface area contributed by atoms with Crippen molar-refractivity contribution in [2.24, 2.45) is 18.9 Å². The van der Waals surface area contributed by atoms with Crippen LogP contribution in [0.1, 0.15) is 74.2 Å². The maximum Gasteiger partial charge on any atom is 0.251 e. The van der Waals surface area contributed by atoms with Crippen LogP contribution in [-0.4, -0.2) is 38.4 Å². The summed E-state index contributed by atoms with van der Waals surface area (Å²) in [4.78, 5) is 25.2. The molecule has 1 aliphatic rings. The number of amides is 2. The summed E-state index contributed by atoms with van der Waals surface area (Å²) in [6.45, 7) is 8.29. The first-order chi connectivity index (χ1) is 15.3. The number of aromatic nitrogens is 3. The molecule has 2 amide bonds. The maximum absolute atomic E-state index is 12.8. The molecule has 1 aliphatic carbocycles. The molecule has 2 aromatic rings. The summed E-state index contributed by atoms with van der Waals surface area (Å²) in [7, 11) is 1.88. The Morgan fingerprint density at radius 2 is 1.84 bits per heavy atom. The topological polar surface area (TPSA) is 88.9 Å². The van der Waals surface area contributed by atoms with Gasteiger partial charge in [-0.05, 0) is 43.7 Å². The van der Waals surface area contributed by atoms with E-state index < -0.39 is 0 Å². The van der Waals surface area contributed by atoms with E-state index in [9.17, 15) is 9.59 Å². The summed E-state index contributed by atoms with van der Waals surface area (Å²) < 4.78 is 1.88. The van der Waals surface area contributed by atoms with Crippen LogP contribution in [0.15, 0.2) is 29.4 Å². The van der Waals surface area contributed by atoms with Crippen LogP contribution in [-0.2, 0) is 11.8 Å². The highest BCUT2D eigenvalue weighted by Gasteiger charge is 2.26. The van der Waals surface area contributed by atoms with Crippen LogP contribution in [0, 0.1) is 18.8 Å². The van der Waals surface area contributed by atoms with Gasteiger partial charge in [0, 0.05) is 18.7 Å². The number of nitrogens with zero attached hydrogens (tertiary/aromatic N) is 3. The number of rotatable bonds is 8. The van der Waals surface area contributed by atoms with Gasteiger partial charge in [-0.3, -0.25) is 9.59 Å². The van der Waals surface area contributed by atoms with E-state index in [4.69, 9.17) is 0 Å². The Morgan fingerprint density at radius 1 is 1.16 bits per heavy atom. The molecule has 3 rings (SSSR count). The predicted molar refractivity (Wildman–Crippen MR) is 128 cm³/mol. The van der Waals surface area contributed by atoms with Crippen LogP contribution in [0.5, 0.6) is 0 Å². The molecule has 3 atom stereocenters. The van der Waals surface area contributed by atoms with E-state index in [0.717, 1.165) is 12.0 Å². The average molecular weight is 458 g/mol. The second kappa shape index (κ2) is 11.0. The molecule has 0 unspecified atom stereocenters. The number of benzene rings is 1. The molecule has 7 nitrogen and oxygen atoms in total. The SMILES string of the molecule is Cc1ccc(C(=O)N[C@H](c2nnc(SCC(=O)N[C@H]3CCCC[C@H]3C)n2C)C(C)C)cc1. The number of hydrogen-bond acceptors (Lipinski definition) is 5. The molecule has 1 aromatic carbocycles. The van der Waals surface area contributed by atoms with E-state index in [2.05, 4.69) is 27.8 Å². The largest absolute Gasteiger partial charge is 0.352 e. The van der Waals surface area contributed by atoms with Gasteiger partial charge in [0.15, 0.2) is 11.0 Å². The van der Waals surface area contributed by atoms with Crippen molar-refractivity contribution in [2.45, 2.75) is 70.6 Å². The number of nitrogens with one attached hydrogen (secondary N) is 2. The molecule has 0 bridgehead atoms. The monoisotopic (exact) mass is 457 g/mol. The molecule has 8 heteroatoms. The van der Waals surface area contributed by atoms with Gasteiger partial charge in [-0.15, -0.1) is 10.2 Å². The van der Waals surface area contributed by atoms with Crippen LogP contribution in [0.4, 0.5) is 0 Å². The molecule has 2 N–H and O–H groups in total. The molecule has 1 aromatic heterocycles. The highest BCUT2D eigenvalue weighted by molar-refractivity contribution is 7.99. The molecular formula is C24H35N5O2S. The Labute approximate surface area is 195 Å². The van der Waals surface area contributed by atoms with Gasteiger partial charge in [-0.2, -0.15) is 0 Å². The van der Waals surface area contributed by atoms with Crippen LogP contribution < -0.4 is 10.6 Å². The van der Waals surface area contributed by atoms with Gasteiger partial charge < -0.3 is 15.2 Å². The molecule has 1 saturated carbocycles.